The third-order valence-corrected chi connectivity index (χ3v) is 5.15. The molecule has 0 aromatic rings. The van der Waals surface area contributed by atoms with Crippen molar-refractivity contribution >= 4 is 29.8 Å². The molecule has 4 unspecified atom stereocenters. The summed E-state index contributed by atoms with van der Waals surface area (Å²) in [7, 11) is 0. The maximum Gasteiger partial charge on any atom is 0.311 e. The zero-order valence-electron chi connectivity index (χ0n) is 11.6. The number of carboxylic acid groups (broad SMARTS) is 5. The first-order valence-electron chi connectivity index (χ1n) is 6.71. The number of fused-ring (bicyclic) bond motifs is 1. The highest BCUT2D eigenvalue weighted by Gasteiger charge is 2.75. The molecule has 0 heterocycles. The predicted molar refractivity (Wildman–Crippen MR) is 67.3 cm³/mol. The summed E-state index contributed by atoms with van der Waals surface area (Å²) in [5.74, 6) is -16.4. The Morgan fingerprint density at radius 3 is 1.22 bits per heavy atom. The monoisotopic (exact) mass is 330 g/mol. The van der Waals surface area contributed by atoms with E-state index < -0.39 is 77.7 Å². The van der Waals surface area contributed by atoms with Crippen molar-refractivity contribution in [1.82, 2.24) is 0 Å². The van der Waals surface area contributed by atoms with Gasteiger partial charge in [-0.2, -0.15) is 0 Å². The SMILES string of the molecule is O=C(O)C1CC(C(=O)O)C2(C(=O)O)C(C(=O)O)CC(C(=O)O)C12. The first-order valence-corrected chi connectivity index (χ1v) is 6.71. The van der Waals surface area contributed by atoms with Gasteiger partial charge in [-0.1, -0.05) is 0 Å². The second-order valence-corrected chi connectivity index (χ2v) is 5.91. The van der Waals surface area contributed by atoms with Crippen molar-refractivity contribution in [3.05, 3.63) is 0 Å². The highest BCUT2D eigenvalue weighted by molar-refractivity contribution is 5.94. The van der Waals surface area contributed by atoms with Crippen LogP contribution in [-0.4, -0.2) is 55.4 Å². The zero-order valence-corrected chi connectivity index (χ0v) is 11.6. The van der Waals surface area contributed by atoms with Crippen molar-refractivity contribution in [3.8, 4) is 0 Å². The van der Waals surface area contributed by atoms with Gasteiger partial charge in [0.25, 0.3) is 0 Å². The molecule has 0 aliphatic heterocycles. The second kappa shape index (κ2) is 5.21. The number of rotatable bonds is 5. The lowest BCUT2D eigenvalue weighted by Crippen LogP contribution is -2.49. The minimum atomic E-state index is -2.45. The van der Waals surface area contributed by atoms with E-state index in [9.17, 15) is 49.5 Å². The summed E-state index contributed by atoms with van der Waals surface area (Å²) < 4.78 is 0. The summed E-state index contributed by atoms with van der Waals surface area (Å²) in [6.45, 7) is 0. The maximum absolute atomic E-state index is 11.9. The molecule has 2 aliphatic carbocycles. The lowest BCUT2D eigenvalue weighted by molar-refractivity contribution is -0.173. The Morgan fingerprint density at radius 2 is 1.00 bits per heavy atom. The molecule has 0 bridgehead atoms. The van der Waals surface area contributed by atoms with E-state index in [1.807, 2.05) is 0 Å². The molecule has 0 saturated heterocycles. The fourth-order valence-corrected chi connectivity index (χ4v) is 4.40. The van der Waals surface area contributed by atoms with Gasteiger partial charge in [-0.15, -0.1) is 0 Å². The molecule has 10 heteroatoms. The summed E-state index contributed by atoms with van der Waals surface area (Å²) >= 11 is 0. The summed E-state index contributed by atoms with van der Waals surface area (Å²) in [6.07, 6.45) is -1.23. The quantitative estimate of drug-likeness (QED) is 0.430. The van der Waals surface area contributed by atoms with E-state index in [1.54, 1.807) is 0 Å². The average Bonchev–Trinajstić information content (AvgIpc) is 2.90. The summed E-state index contributed by atoms with van der Waals surface area (Å²) in [5.41, 5.74) is -2.45. The summed E-state index contributed by atoms with van der Waals surface area (Å²) in [6, 6.07) is 0. The van der Waals surface area contributed by atoms with Crippen LogP contribution < -0.4 is 0 Å². The van der Waals surface area contributed by atoms with Gasteiger partial charge >= 0.3 is 29.8 Å². The summed E-state index contributed by atoms with van der Waals surface area (Å²) in [4.78, 5) is 57.6. The van der Waals surface area contributed by atoms with Crippen LogP contribution in [0.1, 0.15) is 12.8 Å². The van der Waals surface area contributed by atoms with E-state index in [0.29, 0.717) is 0 Å². The van der Waals surface area contributed by atoms with Crippen molar-refractivity contribution in [2.24, 2.45) is 35.0 Å². The molecular formula is C13H14O10. The number of hydrogen-bond donors (Lipinski definition) is 5. The minimum absolute atomic E-state index is 0.616. The molecule has 5 N–H and O–H groups in total. The van der Waals surface area contributed by atoms with Gasteiger partial charge in [0.15, 0.2) is 0 Å². The molecule has 2 saturated carbocycles. The van der Waals surface area contributed by atoms with Crippen LogP contribution >= 0.6 is 0 Å². The molecular weight excluding hydrogens is 316 g/mol. The number of hydrogen-bond acceptors (Lipinski definition) is 5. The van der Waals surface area contributed by atoms with E-state index >= 15 is 0 Å². The molecule has 2 rings (SSSR count). The van der Waals surface area contributed by atoms with Crippen LogP contribution in [0.25, 0.3) is 0 Å². The van der Waals surface area contributed by atoms with Crippen molar-refractivity contribution in [2.45, 2.75) is 12.8 Å². The van der Waals surface area contributed by atoms with E-state index in [1.165, 1.54) is 0 Å². The lowest BCUT2D eigenvalue weighted by Gasteiger charge is -2.33. The molecule has 0 aromatic carbocycles. The third kappa shape index (κ3) is 2.05. The fourth-order valence-electron chi connectivity index (χ4n) is 4.40. The minimum Gasteiger partial charge on any atom is -0.481 e. The molecule has 126 valence electrons. The zero-order chi connectivity index (χ0) is 17.7. The van der Waals surface area contributed by atoms with Gasteiger partial charge in [0.2, 0.25) is 0 Å². The largest absolute Gasteiger partial charge is 0.481 e. The maximum atomic E-state index is 11.9. The molecule has 0 amide bonds. The van der Waals surface area contributed by atoms with Gasteiger partial charge in [-0.25, -0.2) is 0 Å². The van der Waals surface area contributed by atoms with Crippen molar-refractivity contribution in [1.29, 1.82) is 0 Å². The van der Waals surface area contributed by atoms with Crippen LogP contribution in [0.2, 0.25) is 0 Å². The van der Waals surface area contributed by atoms with Gasteiger partial charge in [0.05, 0.1) is 29.1 Å². The second-order valence-electron chi connectivity index (χ2n) is 5.91. The number of carboxylic acids is 5. The van der Waals surface area contributed by atoms with Crippen LogP contribution in [0.4, 0.5) is 0 Å². The molecule has 2 aliphatic rings. The van der Waals surface area contributed by atoms with Crippen molar-refractivity contribution in [2.75, 3.05) is 0 Å². The Kier molecular flexibility index (Phi) is 3.79. The first-order chi connectivity index (χ1) is 10.6. The standard InChI is InChI=1S/C13H14O10/c14-8(15)3-1-5(10(18)19)13(12(22)23)6(11(20)21)2-4(7(3)13)9(16)17/h3-7H,1-2H2,(H,14,15)(H,16,17)(H,18,19)(H,20,21)(H,22,23). The van der Waals surface area contributed by atoms with Gasteiger partial charge in [0, 0.05) is 5.92 Å². The van der Waals surface area contributed by atoms with Gasteiger partial charge in [0.1, 0.15) is 0 Å². The third-order valence-electron chi connectivity index (χ3n) is 5.15. The van der Waals surface area contributed by atoms with Crippen LogP contribution in [0.5, 0.6) is 0 Å². The highest BCUT2D eigenvalue weighted by Crippen LogP contribution is 2.65. The molecule has 0 radical (unpaired) electrons. The molecule has 23 heavy (non-hydrogen) atoms. The Balaban J connectivity index is 2.74. The average molecular weight is 330 g/mol. The summed E-state index contributed by atoms with van der Waals surface area (Å²) in [5, 5.41) is 46.7. The Labute approximate surface area is 128 Å². The van der Waals surface area contributed by atoms with Crippen LogP contribution in [0.3, 0.4) is 0 Å². The first kappa shape index (κ1) is 16.7. The van der Waals surface area contributed by atoms with E-state index in [0.717, 1.165) is 0 Å². The van der Waals surface area contributed by atoms with Crippen LogP contribution in [-0.2, 0) is 24.0 Å². The molecule has 4 atom stereocenters. The fraction of sp³-hybridized carbons (Fsp3) is 0.615. The topological polar surface area (TPSA) is 186 Å². The van der Waals surface area contributed by atoms with Crippen molar-refractivity contribution < 1.29 is 49.5 Å². The van der Waals surface area contributed by atoms with Gasteiger partial charge in [-0.3, -0.25) is 24.0 Å². The molecule has 0 aromatic heterocycles. The Morgan fingerprint density at radius 1 is 0.652 bits per heavy atom. The molecule has 0 spiro atoms. The highest BCUT2D eigenvalue weighted by atomic mass is 16.4. The van der Waals surface area contributed by atoms with Gasteiger partial charge in [-0.05, 0) is 12.8 Å². The predicted octanol–water partition coefficient (Wildman–Crippen LogP) is -0.716. The van der Waals surface area contributed by atoms with E-state index in [4.69, 9.17) is 0 Å². The van der Waals surface area contributed by atoms with Crippen LogP contribution in [0, 0.1) is 35.0 Å². The number of aliphatic carboxylic acids is 5. The van der Waals surface area contributed by atoms with E-state index in [2.05, 4.69) is 0 Å². The van der Waals surface area contributed by atoms with E-state index in [-0.39, 0.29) is 0 Å². The molecule has 10 nitrogen and oxygen atoms in total. The smallest absolute Gasteiger partial charge is 0.311 e. The normalized spacial score (nSPS) is 38.7. The molecule has 2 fully saturated rings. The van der Waals surface area contributed by atoms with Gasteiger partial charge < -0.3 is 25.5 Å². The Hall–Kier alpha value is -2.65. The Bertz CT molecular complexity index is 566. The van der Waals surface area contributed by atoms with Crippen molar-refractivity contribution in [3.63, 3.8) is 0 Å². The van der Waals surface area contributed by atoms with Crippen LogP contribution in [0.15, 0.2) is 0 Å². The lowest BCUT2D eigenvalue weighted by atomic mass is 9.66. The number of carbonyl (C=O) groups is 5.